The molecule has 0 unspecified atom stereocenters. The van der Waals surface area contributed by atoms with E-state index >= 15 is 0 Å². The Hall–Kier alpha value is -2.15. The zero-order valence-corrected chi connectivity index (χ0v) is 12.3. The molecular formula is C14H20N4O3. The van der Waals surface area contributed by atoms with Crippen LogP contribution in [-0.4, -0.2) is 60.4 Å². The van der Waals surface area contributed by atoms with Gasteiger partial charge in [0.25, 0.3) is 11.6 Å². The average Bonchev–Trinajstić information content (AvgIpc) is 2.48. The number of benzene rings is 1. The second-order valence-electron chi connectivity index (χ2n) is 5.11. The van der Waals surface area contributed by atoms with Crippen LogP contribution in [0.2, 0.25) is 0 Å². The third-order valence-electron chi connectivity index (χ3n) is 3.60. The summed E-state index contributed by atoms with van der Waals surface area (Å²) < 4.78 is 0. The Morgan fingerprint density at radius 2 is 2.00 bits per heavy atom. The van der Waals surface area contributed by atoms with Crippen molar-refractivity contribution in [2.45, 2.75) is 6.92 Å². The summed E-state index contributed by atoms with van der Waals surface area (Å²) in [6, 6.07) is 4.61. The summed E-state index contributed by atoms with van der Waals surface area (Å²) in [7, 11) is 2.01. The number of rotatable bonds is 4. The highest BCUT2D eigenvalue weighted by Gasteiger charge is 2.23. The smallest absolute Gasteiger partial charge is 0.293 e. The number of hydrogen-bond donors (Lipinski definition) is 1. The molecule has 0 aromatic heterocycles. The monoisotopic (exact) mass is 292 g/mol. The number of nitrogens with zero attached hydrogens (tertiary/aromatic N) is 3. The molecule has 1 fully saturated rings. The molecule has 2 rings (SSSR count). The Kier molecular flexibility index (Phi) is 4.74. The second kappa shape index (κ2) is 6.53. The van der Waals surface area contributed by atoms with E-state index in [1.165, 1.54) is 6.07 Å². The molecule has 1 aromatic rings. The highest BCUT2D eigenvalue weighted by molar-refractivity contribution is 5.95. The average molecular weight is 292 g/mol. The summed E-state index contributed by atoms with van der Waals surface area (Å²) >= 11 is 0. The van der Waals surface area contributed by atoms with Crippen LogP contribution in [-0.2, 0) is 0 Å². The highest BCUT2D eigenvalue weighted by atomic mass is 16.6. The first kappa shape index (κ1) is 15.2. The van der Waals surface area contributed by atoms with Gasteiger partial charge in [-0.25, -0.2) is 0 Å². The Morgan fingerprint density at radius 1 is 1.33 bits per heavy atom. The molecule has 0 saturated carbocycles. The zero-order chi connectivity index (χ0) is 15.4. The molecule has 114 valence electrons. The van der Waals surface area contributed by atoms with Crippen molar-refractivity contribution >= 4 is 17.3 Å². The van der Waals surface area contributed by atoms with Gasteiger partial charge in [-0.2, -0.15) is 0 Å². The maximum atomic E-state index is 12.4. The van der Waals surface area contributed by atoms with Crippen molar-refractivity contribution in [3.8, 4) is 0 Å². The molecule has 7 heteroatoms. The van der Waals surface area contributed by atoms with Gasteiger partial charge in [0.1, 0.15) is 5.69 Å². The SMILES string of the molecule is CCNc1ccc(C(=O)N2CCN(C)CC2)cc1[N+](=O)[O-]. The molecule has 1 aliphatic heterocycles. The Balaban J connectivity index is 2.21. The molecule has 1 amide bonds. The van der Waals surface area contributed by atoms with Crippen LogP contribution in [0.4, 0.5) is 11.4 Å². The van der Waals surface area contributed by atoms with E-state index in [4.69, 9.17) is 0 Å². The lowest BCUT2D eigenvalue weighted by molar-refractivity contribution is -0.384. The topological polar surface area (TPSA) is 78.7 Å². The lowest BCUT2D eigenvalue weighted by atomic mass is 10.1. The van der Waals surface area contributed by atoms with Gasteiger partial charge in [0.2, 0.25) is 0 Å². The third kappa shape index (κ3) is 3.49. The fourth-order valence-electron chi connectivity index (χ4n) is 2.35. The van der Waals surface area contributed by atoms with Crippen LogP contribution < -0.4 is 5.32 Å². The number of nitro groups is 1. The first-order chi connectivity index (χ1) is 10.0. The minimum Gasteiger partial charge on any atom is -0.380 e. The van der Waals surface area contributed by atoms with Crippen LogP contribution >= 0.6 is 0 Å². The summed E-state index contributed by atoms with van der Waals surface area (Å²) in [5.74, 6) is -0.144. The Morgan fingerprint density at radius 3 is 2.57 bits per heavy atom. The molecular weight excluding hydrogens is 272 g/mol. The van der Waals surface area contributed by atoms with Gasteiger partial charge in [-0.15, -0.1) is 0 Å². The fourth-order valence-corrected chi connectivity index (χ4v) is 2.35. The number of likely N-dealkylation sites (N-methyl/N-ethyl adjacent to an activating group) is 1. The van der Waals surface area contributed by atoms with Crippen LogP contribution in [0.3, 0.4) is 0 Å². The number of carbonyl (C=O) groups excluding carboxylic acids is 1. The van der Waals surface area contributed by atoms with Gasteiger partial charge in [0, 0.05) is 44.4 Å². The number of hydrogen-bond acceptors (Lipinski definition) is 5. The fraction of sp³-hybridized carbons (Fsp3) is 0.500. The second-order valence-corrected chi connectivity index (χ2v) is 5.11. The van der Waals surface area contributed by atoms with E-state index in [1.54, 1.807) is 17.0 Å². The van der Waals surface area contributed by atoms with Crippen molar-refractivity contribution in [1.29, 1.82) is 0 Å². The highest BCUT2D eigenvalue weighted by Crippen LogP contribution is 2.26. The van der Waals surface area contributed by atoms with Gasteiger partial charge in [0.15, 0.2) is 0 Å². The molecule has 1 aromatic carbocycles. The lowest BCUT2D eigenvalue weighted by Gasteiger charge is -2.32. The molecule has 1 heterocycles. The molecule has 0 atom stereocenters. The van der Waals surface area contributed by atoms with E-state index in [0.29, 0.717) is 30.9 Å². The summed E-state index contributed by atoms with van der Waals surface area (Å²) in [5, 5.41) is 14.1. The van der Waals surface area contributed by atoms with E-state index in [-0.39, 0.29) is 11.6 Å². The lowest BCUT2D eigenvalue weighted by Crippen LogP contribution is -2.47. The summed E-state index contributed by atoms with van der Waals surface area (Å²) in [4.78, 5) is 27.0. The molecule has 0 spiro atoms. The van der Waals surface area contributed by atoms with Gasteiger partial charge >= 0.3 is 0 Å². The molecule has 0 bridgehead atoms. The van der Waals surface area contributed by atoms with Gasteiger partial charge in [-0.1, -0.05) is 0 Å². The number of anilines is 1. The van der Waals surface area contributed by atoms with Crippen LogP contribution in [0.15, 0.2) is 18.2 Å². The predicted octanol–water partition coefficient (Wildman–Crippen LogP) is 1.41. The summed E-state index contributed by atoms with van der Waals surface area (Å²) in [6.07, 6.45) is 0. The van der Waals surface area contributed by atoms with E-state index in [1.807, 2.05) is 14.0 Å². The molecule has 0 radical (unpaired) electrons. The van der Waals surface area contributed by atoms with E-state index in [9.17, 15) is 14.9 Å². The molecule has 1 N–H and O–H groups in total. The van der Waals surface area contributed by atoms with Gasteiger partial charge in [-0.3, -0.25) is 14.9 Å². The summed E-state index contributed by atoms with van der Waals surface area (Å²) in [5.41, 5.74) is 0.752. The van der Waals surface area contributed by atoms with Crippen molar-refractivity contribution in [2.75, 3.05) is 45.1 Å². The van der Waals surface area contributed by atoms with Crippen molar-refractivity contribution < 1.29 is 9.72 Å². The maximum absolute atomic E-state index is 12.4. The number of nitro benzene ring substituents is 1. The van der Waals surface area contributed by atoms with E-state index in [2.05, 4.69) is 10.2 Å². The number of nitrogens with one attached hydrogen (secondary N) is 1. The van der Waals surface area contributed by atoms with Crippen molar-refractivity contribution in [3.05, 3.63) is 33.9 Å². The number of carbonyl (C=O) groups is 1. The molecule has 0 aliphatic carbocycles. The quantitative estimate of drug-likeness (QED) is 0.670. The Bertz CT molecular complexity index is 539. The minimum absolute atomic E-state index is 0.0585. The van der Waals surface area contributed by atoms with Crippen molar-refractivity contribution in [1.82, 2.24) is 9.80 Å². The van der Waals surface area contributed by atoms with Crippen molar-refractivity contribution in [3.63, 3.8) is 0 Å². The number of amides is 1. The normalized spacial score (nSPS) is 15.8. The van der Waals surface area contributed by atoms with Crippen LogP contribution in [0.25, 0.3) is 0 Å². The van der Waals surface area contributed by atoms with Crippen LogP contribution in [0.5, 0.6) is 0 Å². The largest absolute Gasteiger partial charge is 0.380 e. The van der Waals surface area contributed by atoms with Crippen LogP contribution in [0, 0.1) is 10.1 Å². The number of piperazine rings is 1. The third-order valence-corrected chi connectivity index (χ3v) is 3.60. The minimum atomic E-state index is -0.460. The summed E-state index contributed by atoms with van der Waals surface area (Å²) in [6.45, 7) is 5.41. The van der Waals surface area contributed by atoms with Gasteiger partial charge < -0.3 is 15.1 Å². The predicted molar refractivity (Wildman–Crippen MR) is 80.7 cm³/mol. The molecule has 1 aliphatic rings. The van der Waals surface area contributed by atoms with E-state index in [0.717, 1.165) is 13.1 Å². The molecule has 7 nitrogen and oxygen atoms in total. The Labute approximate surface area is 123 Å². The van der Waals surface area contributed by atoms with Gasteiger partial charge in [-0.05, 0) is 26.1 Å². The maximum Gasteiger partial charge on any atom is 0.293 e. The van der Waals surface area contributed by atoms with Crippen molar-refractivity contribution in [2.24, 2.45) is 0 Å². The van der Waals surface area contributed by atoms with Crippen LogP contribution in [0.1, 0.15) is 17.3 Å². The van der Waals surface area contributed by atoms with Gasteiger partial charge in [0.05, 0.1) is 4.92 Å². The van der Waals surface area contributed by atoms with E-state index < -0.39 is 4.92 Å². The molecule has 21 heavy (non-hydrogen) atoms. The standard InChI is InChI=1S/C14H20N4O3/c1-3-15-12-5-4-11(10-13(12)18(20)21)14(19)17-8-6-16(2)7-9-17/h4-5,10,15H,3,6-9H2,1-2H3. The first-order valence-corrected chi connectivity index (χ1v) is 7.03. The zero-order valence-electron chi connectivity index (χ0n) is 12.3. The first-order valence-electron chi connectivity index (χ1n) is 7.03. The molecule has 1 saturated heterocycles.